The number of halogens is 1. The zero-order valence-electron chi connectivity index (χ0n) is 10.3. The Bertz CT molecular complexity index is 414. The molecule has 1 aliphatic heterocycles. The summed E-state index contributed by atoms with van der Waals surface area (Å²) >= 11 is 5.88. The van der Waals surface area contributed by atoms with Gasteiger partial charge in [0.1, 0.15) is 0 Å². The maximum Gasteiger partial charge on any atom is 0.176 e. The average Bonchev–Trinajstić information content (AvgIpc) is 2.39. The van der Waals surface area contributed by atoms with E-state index in [4.69, 9.17) is 16.7 Å². The van der Waals surface area contributed by atoms with E-state index in [0.29, 0.717) is 23.0 Å². The van der Waals surface area contributed by atoms with Crippen LogP contribution in [-0.2, 0) is 0 Å². The number of likely N-dealkylation sites (tertiary alicyclic amines) is 1. The molecule has 1 N–H and O–H groups in total. The van der Waals surface area contributed by atoms with Crippen LogP contribution >= 0.6 is 11.6 Å². The number of nitrogens with zero attached hydrogens (tertiary/aromatic N) is 1. The van der Waals surface area contributed by atoms with Crippen LogP contribution in [0.25, 0.3) is 0 Å². The minimum Gasteiger partial charge on any atom is -0.396 e. The molecule has 0 spiro atoms. The lowest BCUT2D eigenvalue weighted by Gasteiger charge is -2.30. The van der Waals surface area contributed by atoms with Gasteiger partial charge in [-0.2, -0.15) is 0 Å². The molecule has 1 fully saturated rings. The van der Waals surface area contributed by atoms with Crippen LogP contribution in [0.5, 0.6) is 0 Å². The summed E-state index contributed by atoms with van der Waals surface area (Å²) in [5.74, 6) is 0.516. The Hall–Kier alpha value is -0.900. The van der Waals surface area contributed by atoms with Crippen LogP contribution in [0, 0.1) is 5.92 Å². The van der Waals surface area contributed by atoms with Crippen molar-refractivity contribution in [2.75, 3.05) is 26.2 Å². The normalized spacial score (nSPS) is 17.9. The third-order valence-corrected chi connectivity index (χ3v) is 3.71. The molecule has 1 heterocycles. The van der Waals surface area contributed by atoms with Gasteiger partial charge in [0.05, 0.1) is 6.54 Å². The van der Waals surface area contributed by atoms with Crippen molar-refractivity contribution in [3.05, 3.63) is 34.9 Å². The largest absolute Gasteiger partial charge is 0.396 e. The number of hydrogen-bond acceptors (Lipinski definition) is 3. The van der Waals surface area contributed by atoms with Gasteiger partial charge in [0, 0.05) is 17.2 Å². The molecule has 0 aromatic heterocycles. The van der Waals surface area contributed by atoms with Crippen LogP contribution in [0.4, 0.5) is 0 Å². The molecule has 0 bridgehead atoms. The number of aliphatic hydroxyl groups excluding tert-OH is 1. The number of benzene rings is 1. The van der Waals surface area contributed by atoms with E-state index in [1.807, 2.05) is 0 Å². The molecule has 1 aromatic rings. The minimum atomic E-state index is 0.111. The molecule has 0 radical (unpaired) electrons. The molecule has 2 rings (SSSR count). The molecule has 3 nitrogen and oxygen atoms in total. The van der Waals surface area contributed by atoms with Crippen molar-refractivity contribution in [2.24, 2.45) is 5.92 Å². The monoisotopic (exact) mass is 267 g/mol. The highest BCUT2D eigenvalue weighted by atomic mass is 35.5. The first-order valence-corrected chi connectivity index (χ1v) is 6.69. The van der Waals surface area contributed by atoms with Gasteiger partial charge in [0.15, 0.2) is 5.78 Å². The summed E-state index contributed by atoms with van der Waals surface area (Å²) in [5, 5.41) is 9.66. The number of hydrogen-bond donors (Lipinski definition) is 1. The highest BCUT2D eigenvalue weighted by Gasteiger charge is 2.20. The lowest BCUT2D eigenvalue weighted by molar-refractivity contribution is 0.0864. The smallest absolute Gasteiger partial charge is 0.176 e. The molecule has 1 saturated heterocycles. The lowest BCUT2D eigenvalue weighted by Crippen LogP contribution is -2.38. The van der Waals surface area contributed by atoms with Crippen molar-refractivity contribution < 1.29 is 9.90 Å². The van der Waals surface area contributed by atoms with Crippen LogP contribution in [0.3, 0.4) is 0 Å². The summed E-state index contributed by atoms with van der Waals surface area (Å²) in [7, 11) is 0. The predicted octanol–water partition coefficient (Wildman–Crippen LogP) is 2.23. The number of aliphatic hydroxyl groups is 1. The van der Waals surface area contributed by atoms with Gasteiger partial charge < -0.3 is 5.11 Å². The summed E-state index contributed by atoms with van der Waals surface area (Å²) in [5.41, 5.74) is 0.673. The minimum absolute atomic E-state index is 0.111. The first-order chi connectivity index (χ1) is 8.69. The SMILES string of the molecule is O=C(CN1CCC(CO)CC1)c1cccc(Cl)c1. The average molecular weight is 268 g/mol. The van der Waals surface area contributed by atoms with Crippen molar-refractivity contribution in [3.63, 3.8) is 0 Å². The number of ketones is 1. The predicted molar refractivity (Wildman–Crippen MR) is 72.0 cm³/mol. The van der Waals surface area contributed by atoms with Gasteiger partial charge in [-0.1, -0.05) is 23.7 Å². The van der Waals surface area contributed by atoms with E-state index in [1.165, 1.54) is 0 Å². The fourth-order valence-electron chi connectivity index (χ4n) is 2.28. The topological polar surface area (TPSA) is 40.5 Å². The molecule has 0 unspecified atom stereocenters. The van der Waals surface area contributed by atoms with Crippen molar-refractivity contribution >= 4 is 17.4 Å². The van der Waals surface area contributed by atoms with Gasteiger partial charge in [0.25, 0.3) is 0 Å². The van der Waals surface area contributed by atoms with Gasteiger partial charge in [-0.05, 0) is 44.0 Å². The zero-order valence-corrected chi connectivity index (χ0v) is 11.1. The summed E-state index contributed by atoms with van der Waals surface area (Å²) < 4.78 is 0. The van der Waals surface area contributed by atoms with E-state index in [1.54, 1.807) is 24.3 Å². The van der Waals surface area contributed by atoms with Crippen LogP contribution in [-0.4, -0.2) is 42.0 Å². The molecule has 0 atom stereocenters. The van der Waals surface area contributed by atoms with Gasteiger partial charge in [-0.25, -0.2) is 0 Å². The third kappa shape index (κ3) is 3.55. The maximum absolute atomic E-state index is 12.1. The number of piperidine rings is 1. The van der Waals surface area contributed by atoms with Gasteiger partial charge in [0.2, 0.25) is 0 Å². The van der Waals surface area contributed by atoms with Gasteiger partial charge in [-0.15, -0.1) is 0 Å². The fourth-order valence-corrected chi connectivity index (χ4v) is 2.47. The standard InChI is InChI=1S/C14H18ClNO2/c15-13-3-1-2-12(8-13)14(18)9-16-6-4-11(10-17)5-7-16/h1-3,8,11,17H,4-7,9-10H2. The summed E-state index contributed by atoms with van der Waals surface area (Å²) in [6.07, 6.45) is 1.94. The van der Waals surface area contributed by atoms with Gasteiger partial charge >= 0.3 is 0 Å². The lowest BCUT2D eigenvalue weighted by atomic mass is 9.97. The summed E-state index contributed by atoms with van der Waals surface area (Å²) in [6, 6.07) is 7.08. The van der Waals surface area contributed by atoms with Crippen molar-refractivity contribution in [3.8, 4) is 0 Å². The van der Waals surface area contributed by atoms with Crippen LogP contribution in [0.1, 0.15) is 23.2 Å². The second-order valence-corrected chi connectivity index (χ2v) is 5.27. The van der Waals surface area contributed by atoms with E-state index < -0.39 is 0 Å². The molecular formula is C14H18ClNO2. The summed E-state index contributed by atoms with van der Waals surface area (Å²) in [4.78, 5) is 14.2. The zero-order chi connectivity index (χ0) is 13.0. The highest BCUT2D eigenvalue weighted by Crippen LogP contribution is 2.17. The second-order valence-electron chi connectivity index (χ2n) is 4.84. The molecule has 0 aliphatic carbocycles. The van der Waals surface area contributed by atoms with Crippen LogP contribution in [0.15, 0.2) is 24.3 Å². The fraction of sp³-hybridized carbons (Fsp3) is 0.500. The summed E-state index contributed by atoms with van der Waals surface area (Å²) in [6.45, 7) is 2.48. The molecular weight excluding hydrogens is 250 g/mol. The van der Waals surface area contributed by atoms with Crippen molar-refractivity contribution in [2.45, 2.75) is 12.8 Å². The number of carbonyl (C=O) groups excluding carboxylic acids is 1. The van der Waals surface area contributed by atoms with Crippen LogP contribution in [0.2, 0.25) is 5.02 Å². The van der Waals surface area contributed by atoms with E-state index in [0.717, 1.165) is 25.9 Å². The molecule has 4 heteroatoms. The van der Waals surface area contributed by atoms with E-state index in [-0.39, 0.29) is 12.4 Å². The quantitative estimate of drug-likeness (QED) is 0.851. The number of rotatable bonds is 4. The van der Waals surface area contributed by atoms with E-state index in [2.05, 4.69) is 4.90 Å². The molecule has 0 amide bonds. The number of Topliss-reactive ketones (excluding diaryl/α,β-unsaturated/α-hetero) is 1. The maximum atomic E-state index is 12.1. The van der Waals surface area contributed by atoms with Crippen molar-refractivity contribution in [1.82, 2.24) is 4.90 Å². The second kappa shape index (κ2) is 6.32. The first-order valence-electron chi connectivity index (χ1n) is 6.31. The van der Waals surface area contributed by atoms with Gasteiger partial charge in [-0.3, -0.25) is 9.69 Å². The Labute approximate surface area is 112 Å². The van der Waals surface area contributed by atoms with Crippen LogP contribution < -0.4 is 0 Å². The Kier molecular flexibility index (Phi) is 4.75. The Morgan fingerprint density at radius 1 is 1.39 bits per heavy atom. The molecule has 98 valence electrons. The first kappa shape index (κ1) is 13.5. The molecule has 1 aromatic carbocycles. The Morgan fingerprint density at radius 3 is 2.72 bits per heavy atom. The Balaban J connectivity index is 1.89. The molecule has 1 aliphatic rings. The Morgan fingerprint density at radius 2 is 2.11 bits per heavy atom. The van der Waals surface area contributed by atoms with E-state index >= 15 is 0 Å². The third-order valence-electron chi connectivity index (χ3n) is 3.48. The van der Waals surface area contributed by atoms with Crippen molar-refractivity contribution in [1.29, 1.82) is 0 Å². The molecule has 0 saturated carbocycles. The van der Waals surface area contributed by atoms with E-state index in [9.17, 15) is 4.79 Å². The molecule has 18 heavy (non-hydrogen) atoms. The highest BCUT2D eigenvalue weighted by molar-refractivity contribution is 6.31. The number of carbonyl (C=O) groups is 1.